The van der Waals surface area contributed by atoms with Gasteiger partial charge in [0.15, 0.2) is 0 Å². The topological polar surface area (TPSA) is 82.1 Å². The molecule has 0 saturated carbocycles. The normalized spacial score (nSPS) is 33.5. The van der Waals surface area contributed by atoms with Gasteiger partial charge in [-0.3, -0.25) is 9.69 Å². The highest BCUT2D eigenvalue weighted by Crippen LogP contribution is 2.34. The third-order valence-electron chi connectivity index (χ3n) is 5.47. The van der Waals surface area contributed by atoms with Crippen LogP contribution in [0.1, 0.15) is 33.6 Å². The van der Waals surface area contributed by atoms with E-state index in [4.69, 9.17) is 14.2 Å². The monoisotopic (exact) mass is 375 g/mol. The molecule has 0 aliphatic carbocycles. The van der Waals surface area contributed by atoms with Gasteiger partial charge in [-0.2, -0.15) is 0 Å². The van der Waals surface area contributed by atoms with Crippen molar-refractivity contribution in [2.24, 2.45) is 0 Å². The highest BCUT2D eigenvalue weighted by Gasteiger charge is 2.46. The Hall–Kier alpha value is -2.41. The summed E-state index contributed by atoms with van der Waals surface area (Å²) < 4.78 is 16.6. The Morgan fingerprint density at radius 2 is 2.19 bits per heavy atom. The number of nitrogens with zero attached hydrogens (tertiary/aromatic N) is 1. The van der Waals surface area contributed by atoms with Crippen molar-refractivity contribution in [3.63, 3.8) is 0 Å². The van der Waals surface area contributed by atoms with Gasteiger partial charge in [-0.05, 0) is 31.4 Å². The number of esters is 3. The van der Waals surface area contributed by atoms with Crippen LogP contribution in [0.3, 0.4) is 0 Å². The van der Waals surface area contributed by atoms with Gasteiger partial charge in [0, 0.05) is 32.0 Å². The van der Waals surface area contributed by atoms with Crippen LogP contribution in [0.15, 0.2) is 35.5 Å². The van der Waals surface area contributed by atoms with E-state index in [1.807, 2.05) is 6.08 Å². The fourth-order valence-corrected chi connectivity index (χ4v) is 3.86. The standard InChI is InChI=1S/C20H25NO6/c1-5-14-10-12(2)20(4,27-13(3)22)19(24)25-11-15-6-8-21-9-7-16(17(15)21)26-18(14)23/h5-6,16-17H,2,7-11H2,1,3-4H3/b14-5+/t16-,17?,20?/m1/s1. The quantitative estimate of drug-likeness (QED) is 0.298. The Morgan fingerprint density at radius 1 is 1.44 bits per heavy atom. The molecule has 3 aliphatic rings. The molecule has 0 aromatic heterocycles. The lowest BCUT2D eigenvalue weighted by molar-refractivity contribution is -0.174. The first kappa shape index (κ1) is 19.4. The second-order valence-electron chi connectivity index (χ2n) is 7.25. The van der Waals surface area contributed by atoms with Crippen molar-refractivity contribution in [2.45, 2.75) is 51.4 Å². The summed E-state index contributed by atoms with van der Waals surface area (Å²) in [6, 6.07) is -0.0811. The number of ether oxygens (including phenoxy) is 3. The zero-order valence-electron chi connectivity index (χ0n) is 15.9. The summed E-state index contributed by atoms with van der Waals surface area (Å²) in [6.45, 7) is 9.89. The molecule has 0 bridgehead atoms. The van der Waals surface area contributed by atoms with Gasteiger partial charge in [0.2, 0.25) is 5.60 Å². The average molecular weight is 375 g/mol. The maximum Gasteiger partial charge on any atom is 0.355 e. The van der Waals surface area contributed by atoms with E-state index in [1.165, 1.54) is 13.8 Å². The lowest BCUT2D eigenvalue weighted by Gasteiger charge is -2.31. The van der Waals surface area contributed by atoms with E-state index in [0.29, 0.717) is 5.57 Å². The molecule has 7 nitrogen and oxygen atoms in total. The van der Waals surface area contributed by atoms with Crippen molar-refractivity contribution in [1.29, 1.82) is 0 Å². The summed E-state index contributed by atoms with van der Waals surface area (Å²) in [5, 5.41) is 0. The Kier molecular flexibility index (Phi) is 5.24. The highest BCUT2D eigenvalue weighted by molar-refractivity contribution is 5.91. The van der Waals surface area contributed by atoms with Crippen LogP contribution in [0.2, 0.25) is 0 Å². The molecule has 0 spiro atoms. The molecule has 0 amide bonds. The summed E-state index contributed by atoms with van der Waals surface area (Å²) >= 11 is 0. The van der Waals surface area contributed by atoms with Crippen LogP contribution in [0, 0.1) is 0 Å². The van der Waals surface area contributed by atoms with Gasteiger partial charge in [0.1, 0.15) is 12.7 Å². The van der Waals surface area contributed by atoms with Gasteiger partial charge in [-0.15, -0.1) is 0 Å². The van der Waals surface area contributed by atoms with Gasteiger partial charge in [-0.1, -0.05) is 18.7 Å². The first-order valence-corrected chi connectivity index (χ1v) is 9.10. The Morgan fingerprint density at radius 3 is 2.85 bits per heavy atom. The van der Waals surface area contributed by atoms with Crippen LogP contribution >= 0.6 is 0 Å². The van der Waals surface area contributed by atoms with Crippen LogP contribution < -0.4 is 0 Å². The molecule has 7 heteroatoms. The van der Waals surface area contributed by atoms with Crippen LogP contribution in [0.5, 0.6) is 0 Å². The van der Waals surface area contributed by atoms with E-state index < -0.39 is 23.5 Å². The number of cyclic esters (lactones) is 1. The number of hydrogen-bond donors (Lipinski definition) is 0. The Bertz CT molecular complexity index is 752. The predicted molar refractivity (Wildman–Crippen MR) is 96.6 cm³/mol. The van der Waals surface area contributed by atoms with Crippen LogP contribution in [-0.4, -0.2) is 60.3 Å². The maximum atomic E-state index is 12.8. The number of hydrogen-bond acceptors (Lipinski definition) is 7. The number of carbonyl (C=O) groups is 3. The summed E-state index contributed by atoms with van der Waals surface area (Å²) in [6.07, 6.45) is 4.16. The molecule has 2 fully saturated rings. The molecule has 3 aliphatic heterocycles. The molecule has 0 aromatic rings. The largest absolute Gasteiger partial charge is 0.458 e. The minimum Gasteiger partial charge on any atom is -0.458 e. The first-order valence-electron chi connectivity index (χ1n) is 9.10. The Labute approximate surface area is 158 Å². The fourth-order valence-electron chi connectivity index (χ4n) is 3.86. The molecule has 3 atom stereocenters. The highest BCUT2D eigenvalue weighted by atomic mass is 16.6. The van der Waals surface area contributed by atoms with Gasteiger partial charge in [0.25, 0.3) is 0 Å². The van der Waals surface area contributed by atoms with Gasteiger partial charge in [0.05, 0.1) is 6.04 Å². The van der Waals surface area contributed by atoms with Crippen molar-refractivity contribution >= 4 is 17.9 Å². The van der Waals surface area contributed by atoms with Gasteiger partial charge >= 0.3 is 17.9 Å². The third kappa shape index (κ3) is 3.56. The molecule has 0 N–H and O–H groups in total. The van der Waals surface area contributed by atoms with E-state index in [1.54, 1.807) is 13.0 Å². The smallest absolute Gasteiger partial charge is 0.355 e. The summed E-state index contributed by atoms with van der Waals surface area (Å²) in [4.78, 5) is 39.3. The third-order valence-corrected chi connectivity index (χ3v) is 5.47. The van der Waals surface area contributed by atoms with Crippen molar-refractivity contribution < 1.29 is 28.6 Å². The zero-order chi connectivity index (χ0) is 19.8. The first-order chi connectivity index (χ1) is 12.8. The van der Waals surface area contributed by atoms with Gasteiger partial charge in [-0.25, -0.2) is 9.59 Å². The molecule has 27 heavy (non-hydrogen) atoms. The predicted octanol–water partition coefficient (Wildman–Crippen LogP) is 1.68. The minimum atomic E-state index is -1.67. The number of allylic oxidation sites excluding steroid dienone is 1. The lowest BCUT2D eigenvalue weighted by atomic mass is 9.90. The fraction of sp³-hybridized carbons (Fsp3) is 0.550. The maximum absolute atomic E-state index is 12.8. The molecule has 2 saturated heterocycles. The summed E-state index contributed by atoms with van der Waals surface area (Å²) in [7, 11) is 0. The molecule has 0 radical (unpaired) electrons. The van der Waals surface area contributed by atoms with E-state index in [-0.39, 0.29) is 30.7 Å². The lowest BCUT2D eigenvalue weighted by Crippen LogP contribution is -2.45. The zero-order valence-corrected chi connectivity index (χ0v) is 15.9. The average Bonchev–Trinajstić information content (AvgIpc) is 3.18. The molecule has 2 unspecified atom stereocenters. The molecule has 0 aromatic carbocycles. The molecule has 146 valence electrons. The van der Waals surface area contributed by atoms with Crippen molar-refractivity contribution in [3.8, 4) is 0 Å². The van der Waals surface area contributed by atoms with Crippen LogP contribution in [-0.2, 0) is 28.6 Å². The van der Waals surface area contributed by atoms with E-state index in [2.05, 4.69) is 11.5 Å². The van der Waals surface area contributed by atoms with Gasteiger partial charge < -0.3 is 14.2 Å². The van der Waals surface area contributed by atoms with Crippen LogP contribution in [0.25, 0.3) is 0 Å². The number of rotatable bonds is 1. The van der Waals surface area contributed by atoms with Crippen molar-refractivity contribution in [2.75, 3.05) is 19.7 Å². The van der Waals surface area contributed by atoms with Crippen molar-refractivity contribution in [1.82, 2.24) is 4.90 Å². The molecule has 3 heterocycles. The van der Waals surface area contributed by atoms with Crippen molar-refractivity contribution in [3.05, 3.63) is 35.5 Å². The van der Waals surface area contributed by atoms with Crippen LogP contribution in [0.4, 0.5) is 0 Å². The molecular weight excluding hydrogens is 350 g/mol. The van der Waals surface area contributed by atoms with E-state index in [9.17, 15) is 14.4 Å². The second kappa shape index (κ2) is 7.31. The summed E-state index contributed by atoms with van der Waals surface area (Å²) in [5.74, 6) is -1.76. The molecular formula is C20H25NO6. The molecule has 3 rings (SSSR count). The minimum absolute atomic E-state index is 0.0536. The van der Waals surface area contributed by atoms with E-state index in [0.717, 1.165) is 25.1 Å². The summed E-state index contributed by atoms with van der Waals surface area (Å²) in [5.41, 5.74) is -0.142. The second-order valence-corrected chi connectivity index (χ2v) is 7.25. The SMILES string of the molecule is C=C1C/C(=C\C)C(=O)O[C@@H]2CCN3CC=C(COC(=O)C1(C)OC(C)=O)C23. The van der Waals surface area contributed by atoms with E-state index >= 15 is 0 Å². The number of carbonyl (C=O) groups excluding carboxylic acids is 3. The Balaban J connectivity index is 1.95.